The number of aryl methyl sites for hydroxylation is 4. The van der Waals surface area contributed by atoms with Crippen LogP contribution in [0.25, 0.3) is 0 Å². The van der Waals surface area contributed by atoms with Gasteiger partial charge >= 0.3 is 0 Å². The van der Waals surface area contributed by atoms with Gasteiger partial charge in [0.2, 0.25) is 15.9 Å². The van der Waals surface area contributed by atoms with E-state index in [-0.39, 0.29) is 12.5 Å². The molecule has 0 bridgehead atoms. The monoisotopic (exact) mass is 360 g/mol. The summed E-state index contributed by atoms with van der Waals surface area (Å²) in [5, 5.41) is 2.76. The van der Waals surface area contributed by atoms with Gasteiger partial charge in [0, 0.05) is 5.69 Å². The first-order chi connectivity index (χ1) is 11.6. The number of nitrogens with zero attached hydrogens (tertiary/aromatic N) is 1. The van der Waals surface area contributed by atoms with Gasteiger partial charge in [-0.1, -0.05) is 12.1 Å². The van der Waals surface area contributed by atoms with Crippen molar-refractivity contribution in [3.63, 3.8) is 0 Å². The van der Waals surface area contributed by atoms with Gasteiger partial charge in [0.15, 0.2) is 0 Å². The van der Waals surface area contributed by atoms with Crippen molar-refractivity contribution in [2.24, 2.45) is 0 Å². The fraction of sp³-hybridized carbons (Fsp3) is 0.316. The van der Waals surface area contributed by atoms with Gasteiger partial charge in [-0.25, -0.2) is 8.42 Å². The van der Waals surface area contributed by atoms with Gasteiger partial charge in [-0.2, -0.15) is 0 Å². The number of hydrogen-bond donors (Lipinski definition) is 1. The van der Waals surface area contributed by atoms with Crippen molar-refractivity contribution in [2.75, 3.05) is 22.4 Å². The van der Waals surface area contributed by atoms with Crippen LogP contribution in [-0.2, 0) is 14.8 Å². The molecule has 0 atom stereocenters. The normalized spacial score (nSPS) is 11.2. The molecule has 0 aliphatic heterocycles. The molecular formula is C19H24N2O3S. The second kappa shape index (κ2) is 7.27. The van der Waals surface area contributed by atoms with Crippen LogP contribution in [0.2, 0.25) is 0 Å². The highest BCUT2D eigenvalue weighted by atomic mass is 32.2. The number of carbonyl (C=O) groups excluding carboxylic acids is 1. The molecular weight excluding hydrogens is 336 g/mol. The summed E-state index contributed by atoms with van der Waals surface area (Å²) in [6, 6.07) is 10.9. The van der Waals surface area contributed by atoms with Gasteiger partial charge in [0.05, 0.1) is 11.9 Å². The first-order valence-corrected chi connectivity index (χ1v) is 9.85. The quantitative estimate of drug-likeness (QED) is 0.889. The Bertz CT molecular complexity index is 905. The number of anilines is 2. The summed E-state index contributed by atoms with van der Waals surface area (Å²) in [5.41, 5.74) is 5.37. The van der Waals surface area contributed by atoms with Gasteiger partial charge in [0.1, 0.15) is 6.54 Å². The summed E-state index contributed by atoms with van der Waals surface area (Å²) >= 11 is 0. The number of amides is 1. The molecule has 0 fully saturated rings. The molecule has 25 heavy (non-hydrogen) atoms. The predicted octanol–water partition coefficient (Wildman–Crippen LogP) is 3.32. The van der Waals surface area contributed by atoms with Crippen LogP contribution in [0.4, 0.5) is 11.4 Å². The van der Waals surface area contributed by atoms with E-state index in [1.807, 2.05) is 45.9 Å². The third kappa shape index (κ3) is 4.82. The summed E-state index contributed by atoms with van der Waals surface area (Å²) in [6.45, 7) is 7.55. The van der Waals surface area contributed by atoms with Crippen molar-refractivity contribution in [1.82, 2.24) is 0 Å². The Morgan fingerprint density at radius 2 is 1.48 bits per heavy atom. The Balaban J connectivity index is 2.23. The van der Waals surface area contributed by atoms with Crippen LogP contribution in [0.3, 0.4) is 0 Å². The number of carbonyl (C=O) groups is 1. The van der Waals surface area contributed by atoms with Crippen molar-refractivity contribution < 1.29 is 13.2 Å². The number of sulfonamides is 1. The molecule has 5 nitrogen and oxygen atoms in total. The number of benzene rings is 2. The first kappa shape index (κ1) is 19.0. The van der Waals surface area contributed by atoms with Gasteiger partial charge < -0.3 is 5.32 Å². The molecule has 1 amide bonds. The Hall–Kier alpha value is -2.34. The van der Waals surface area contributed by atoms with E-state index >= 15 is 0 Å². The summed E-state index contributed by atoms with van der Waals surface area (Å²) < 4.78 is 25.4. The largest absolute Gasteiger partial charge is 0.325 e. The van der Waals surface area contributed by atoms with E-state index in [1.165, 1.54) is 0 Å². The molecule has 6 heteroatoms. The molecule has 0 saturated carbocycles. The third-order valence-corrected chi connectivity index (χ3v) is 5.40. The number of rotatable bonds is 5. The standard InChI is InChI=1S/C19H24N2O3S/c1-13-6-8-17(10-15(13)3)20-19(22)12-21(25(5,23)24)18-9-7-14(2)16(4)11-18/h6-11H,12H2,1-5H3,(H,20,22). The maximum Gasteiger partial charge on any atom is 0.245 e. The number of nitrogens with one attached hydrogen (secondary N) is 1. The van der Waals surface area contributed by atoms with E-state index in [0.717, 1.165) is 32.8 Å². The Labute approximate surface area is 149 Å². The van der Waals surface area contributed by atoms with Crippen LogP contribution in [0.15, 0.2) is 36.4 Å². The van der Waals surface area contributed by atoms with Crippen molar-refractivity contribution in [1.29, 1.82) is 0 Å². The summed E-state index contributed by atoms with van der Waals surface area (Å²) in [7, 11) is -3.58. The van der Waals surface area contributed by atoms with Gasteiger partial charge in [0.25, 0.3) is 0 Å². The molecule has 2 rings (SSSR count). The molecule has 134 valence electrons. The minimum atomic E-state index is -3.58. The van der Waals surface area contributed by atoms with Gasteiger partial charge in [-0.05, 0) is 74.2 Å². The number of hydrogen-bond acceptors (Lipinski definition) is 3. The minimum Gasteiger partial charge on any atom is -0.325 e. The van der Waals surface area contributed by atoms with Crippen LogP contribution in [-0.4, -0.2) is 27.1 Å². The molecule has 0 saturated heterocycles. The van der Waals surface area contributed by atoms with Crippen molar-refractivity contribution >= 4 is 27.3 Å². The highest BCUT2D eigenvalue weighted by Crippen LogP contribution is 2.21. The molecule has 0 heterocycles. The smallest absolute Gasteiger partial charge is 0.245 e. The molecule has 2 aromatic rings. The van der Waals surface area contributed by atoms with Crippen molar-refractivity contribution in [2.45, 2.75) is 27.7 Å². The maximum atomic E-state index is 12.4. The van der Waals surface area contributed by atoms with Gasteiger partial charge in [-0.3, -0.25) is 9.10 Å². The van der Waals surface area contributed by atoms with E-state index in [9.17, 15) is 13.2 Å². The lowest BCUT2D eigenvalue weighted by atomic mass is 10.1. The summed E-state index contributed by atoms with van der Waals surface area (Å²) in [5.74, 6) is -0.382. The maximum absolute atomic E-state index is 12.4. The molecule has 0 aliphatic carbocycles. The molecule has 0 radical (unpaired) electrons. The van der Waals surface area contributed by atoms with Crippen LogP contribution in [0.1, 0.15) is 22.3 Å². The van der Waals surface area contributed by atoms with Crippen molar-refractivity contribution in [3.8, 4) is 0 Å². The fourth-order valence-corrected chi connectivity index (χ4v) is 3.28. The fourth-order valence-electron chi connectivity index (χ4n) is 2.43. The van der Waals surface area contributed by atoms with Crippen LogP contribution in [0.5, 0.6) is 0 Å². The van der Waals surface area contributed by atoms with E-state index in [2.05, 4.69) is 5.32 Å². The van der Waals surface area contributed by atoms with Crippen LogP contribution in [0, 0.1) is 27.7 Å². The highest BCUT2D eigenvalue weighted by Gasteiger charge is 2.21. The second-order valence-corrected chi connectivity index (χ2v) is 8.29. The molecule has 0 unspecified atom stereocenters. The molecule has 0 aliphatic rings. The lowest BCUT2D eigenvalue weighted by Crippen LogP contribution is -2.37. The van der Waals surface area contributed by atoms with Crippen LogP contribution < -0.4 is 9.62 Å². The lowest BCUT2D eigenvalue weighted by molar-refractivity contribution is -0.114. The lowest BCUT2D eigenvalue weighted by Gasteiger charge is -2.22. The third-order valence-electron chi connectivity index (χ3n) is 4.26. The zero-order valence-corrected chi connectivity index (χ0v) is 16.1. The molecule has 2 aromatic carbocycles. The van der Waals surface area contributed by atoms with E-state index in [0.29, 0.717) is 11.4 Å². The Morgan fingerprint density at radius 1 is 0.920 bits per heavy atom. The first-order valence-electron chi connectivity index (χ1n) is 8.00. The minimum absolute atomic E-state index is 0.270. The zero-order chi connectivity index (χ0) is 18.8. The molecule has 0 aromatic heterocycles. The van der Waals surface area contributed by atoms with E-state index < -0.39 is 10.0 Å². The van der Waals surface area contributed by atoms with Gasteiger partial charge in [-0.15, -0.1) is 0 Å². The summed E-state index contributed by atoms with van der Waals surface area (Å²) in [6.07, 6.45) is 1.10. The average Bonchev–Trinajstić information content (AvgIpc) is 2.50. The topological polar surface area (TPSA) is 66.5 Å². The SMILES string of the molecule is Cc1ccc(NC(=O)CN(c2ccc(C)c(C)c2)S(C)(=O)=O)cc1C. The Morgan fingerprint density at radius 3 is 2.00 bits per heavy atom. The van der Waals surface area contributed by atoms with Crippen molar-refractivity contribution in [3.05, 3.63) is 58.7 Å². The summed E-state index contributed by atoms with van der Waals surface area (Å²) in [4.78, 5) is 12.4. The Kier molecular flexibility index (Phi) is 5.52. The second-order valence-electron chi connectivity index (χ2n) is 6.39. The average molecular weight is 360 g/mol. The highest BCUT2D eigenvalue weighted by molar-refractivity contribution is 7.92. The molecule has 0 spiro atoms. The zero-order valence-electron chi connectivity index (χ0n) is 15.3. The predicted molar refractivity (Wildman–Crippen MR) is 103 cm³/mol. The van der Waals surface area contributed by atoms with E-state index in [1.54, 1.807) is 18.2 Å². The van der Waals surface area contributed by atoms with E-state index in [4.69, 9.17) is 0 Å². The van der Waals surface area contributed by atoms with Crippen LogP contribution >= 0.6 is 0 Å². The molecule has 1 N–H and O–H groups in total.